The predicted molar refractivity (Wildman–Crippen MR) is 122 cm³/mol. The molecule has 0 radical (unpaired) electrons. The lowest BCUT2D eigenvalue weighted by atomic mass is 10.0. The summed E-state index contributed by atoms with van der Waals surface area (Å²) in [6.45, 7) is 5.49. The van der Waals surface area contributed by atoms with E-state index in [0.717, 1.165) is 0 Å². The largest absolute Gasteiger partial charge is 0.424 e. The van der Waals surface area contributed by atoms with Crippen LogP contribution in [0.2, 0.25) is 0 Å². The van der Waals surface area contributed by atoms with Crippen LogP contribution in [0.1, 0.15) is 32.3 Å². The van der Waals surface area contributed by atoms with E-state index in [1.54, 1.807) is 69.4 Å². The summed E-state index contributed by atoms with van der Waals surface area (Å²) in [6.07, 6.45) is 3.16. The van der Waals surface area contributed by atoms with E-state index in [1.807, 2.05) is 0 Å². The van der Waals surface area contributed by atoms with Crippen LogP contribution in [0.5, 0.6) is 5.75 Å². The molecule has 32 heavy (non-hydrogen) atoms. The lowest BCUT2D eigenvalue weighted by molar-refractivity contribution is -0.117. The highest BCUT2D eigenvalue weighted by Gasteiger charge is 2.23. The number of carbonyl (C=O) groups excluding carboxylic acids is 1. The fourth-order valence-corrected chi connectivity index (χ4v) is 4.07. The minimum absolute atomic E-state index is 0.0436. The number of aromatic nitrogens is 3. The van der Waals surface area contributed by atoms with E-state index in [4.69, 9.17) is 9.05 Å². The number of aromatic amines is 1. The number of amides is 1. The molecular weight excluding hydrogens is 431 g/mol. The van der Waals surface area contributed by atoms with Crippen LogP contribution in [0.4, 0.5) is 5.69 Å². The van der Waals surface area contributed by atoms with Gasteiger partial charge in [0.05, 0.1) is 24.9 Å². The molecule has 9 nitrogen and oxygen atoms in total. The summed E-state index contributed by atoms with van der Waals surface area (Å²) >= 11 is 0. The summed E-state index contributed by atoms with van der Waals surface area (Å²) in [5.41, 5.74) is 0.792. The monoisotopic (exact) mass is 456 g/mol. The highest BCUT2D eigenvalue weighted by Crippen LogP contribution is 2.47. The van der Waals surface area contributed by atoms with Gasteiger partial charge in [0.25, 0.3) is 5.56 Å². The van der Waals surface area contributed by atoms with Gasteiger partial charge in [0.15, 0.2) is 5.82 Å². The van der Waals surface area contributed by atoms with Gasteiger partial charge >= 0.3 is 7.60 Å². The molecule has 2 N–H and O–H groups in total. The Morgan fingerprint density at radius 2 is 1.91 bits per heavy atom. The first-order valence-electron chi connectivity index (χ1n) is 10.2. The lowest BCUT2D eigenvalue weighted by Gasteiger charge is -2.18. The number of nitrogens with one attached hydrogen (secondary N) is 2. The van der Waals surface area contributed by atoms with Crippen molar-refractivity contribution in [2.75, 3.05) is 18.1 Å². The van der Waals surface area contributed by atoms with Crippen molar-refractivity contribution < 1.29 is 18.4 Å². The molecule has 0 aliphatic rings. The molecule has 2 aromatic heterocycles. The Balaban J connectivity index is 1.68. The van der Waals surface area contributed by atoms with Crippen molar-refractivity contribution in [3.63, 3.8) is 0 Å². The van der Waals surface area contributed by atoms with Crippen LogP contribution in [-0.4, -0.2) is 33.6 Å². The Hall–Kier alpha value is -3.29. The van der Waals surface area contributed by atoms with Crippen LogP contribution in [0.25, 0.3) is 11.5 Å². The van der Waals surface area contributed by atoms with Crippen LogP contribution in [0, 0.1) is 0 Å². The molecule has 1 aromatic carbocycles. The molecule has 0 bridgehead atoms. The SMILES string of the molecule is CCOP(=O)(CC)Oc1ccc(C(C)C(=O)Nc2cnc(-c3ccccn3)[nH]c2=O)cc1. The van der Waals surface area contributed by atoms with Crippen LogP contribution in [-0.2, 0) is 13.9 Å². The Labute approximate surface area is 185 Å². The summed E-state index contributed by atoms with van der Waals surface area (Å²) in [4.78, 5) is 36.0. The zero-order chi connectivity index (χ0) is 23.1. The van der Waals surface area contributed by atoms with Crippen molar-refractivity contribution in [3.05, 3.63) is 70.8 Å². The Morgan fingerprint density at radius 1 is 1.16 bits per heavy atom. The van der Waals surface area contributed by atoms with Crippen molar-refractivity contribution in [2.24, 2.45) is 0 Å². The first-order chi connectivity index (χ1) is 15.3. The molecule has 10 heteroatoms. The standard InChI is InChI=1S/C22H25N4O5P/c1-4-30-32(29,5-2)31-17-11-9-16(10-12-17)15(3)21(27)25-19-14-24-20(26-22(19)28)18-8-6-7-13-23-18/h6-15H,4-5H2,1-3H3,(H,25,27)(H,24,26,28). The minimum Gasteiger partial charge on any atom is -0.424 e. The lowest BCUT2D eigenvalue weighted by Crippen LogP contribution is -2.24. The summed E-state index contributed by atoms with van der Waals surface area (Å²) in [7, 11) is -3.19. The van der Waals surface area contributed by atoms with Gasteiger partial charge in [0.1, 0.15) is 17.1 Å². The molecular formula is C22H25N4O5P. The van der Waals surface area contributed by atoms with E-state index >= 15 is 0 Å². The second-order valence-electron chi connectivity index (χ2n) is 6.91. The maximum absolute atomic E-state index is 12.7. The molecule has 0 aliphatic heterocycles. The molecule has 2 unspecified atom stereocenters. The summed E-state index contributed by atoms with van der Waals surface area (Å²) < 4.78 is 23.2. The number of hydrogen-bond donors (Lipinski definition) is 2. The average Bonchev–Trinajstić information content (AvgIpc) is 2.81. The predicted octanol–water partition coefficient (Wildman–Crippen LogP) is 4.20. The second kappa shape index (κ2) is 10.3. The first-order valence-corrected chi connectivity index (χ1v) is 11.9. The second-order valence-corrected chi connectivity index (χ2v) is 9.20. The summed E-state index contributed by atoms with van der Waals surface area (Å²) in [5, 5.41) is 2.60. The quantitative estimate of drug-likeness (QED) is 0.463. The van der Waals surface area contributed by atoms with E-state index in [-0.39, 0.29) is 24.4 Å². The Bertz CT molecular complexity index is 1160. The Morgan fingerprint density at radius 3 is 2.50 bits per heavy atom. The molecule has 1 amide bonds. The molecule has 0 saturated carbocycles. The number of H-pyrrole nitrogens is 1. The smallest absolute Gasteiger partial charge is 0.378 e. The van der Waals surface area contributed by atoms with Gasteiger partial charge in [-0.3, -0.25) is 14.6 Å². The van der Waals surface area contributed by atoms with E-state index in [0.29, 0.717) is 22.8 Å². The van der Waals surface area contributed by atoms with Crippen LogP contribution < -0.4 is 15.4 Å². The van der Waals surface area contributed by atoms with E-state index < -0.39 is 19.1 Å². The normalized spacial score (nSPS) is 13.7. The van der Waals surface area contributed by atoms with Gasteiger partial charge in [0, 0.05) is 6.20 Å². The van der Waals surface area contributed by atoms with Crippen LogP contribution >= 0.6 is 7.60 Å². The number of hydrogen-bond acceptors (Lipinski definition) is 7. The minimum atomic E-state index is -3.19. The highest BCUT2D eigenvalue weighted by atomic mass is 31.2. The van der Waals surface area contributed by atoms with Gasteiger partial charge in [-0.15, -0.1) is 0 Å². The first kappa shape index (κ1) is 23.4. The van der Waals surface area contributed by atoms with Gasteiger partial charge in [-0.2, -0.15) is 0 Å². The molecule has 3 rings (SSSR count). The van der Waals surface area contributed by atoms with E-state index in [9.17, 15) is 14.2 Å². The van der Waals surface area contributed by atoms with Gasteiger partial charge in [-0.1, -0.05) is 25.1 Å². The maximum Gasteiger partial charge on any atom is 0.378 e. The average molecular weight is 456 g/mol. The third-order valence-corrected chi connectivity index (χ3v) is 6.61. The van der Waals surface area contributed by atoms with Gasteiger partial charge in [0.2, 0.25) is 5.91 Å². The van der Waals surface area contributed by atoms with Gasteiger partial charge < -0.3 is 19.3 Å². The number of nitrogens with zero attached hydrogens (tertiary/aromatic N) is 2. The fourth-order valence-electron chi connectivity index (χ4n) is 2.87. The summed E-state index contributed by atoms with van der Waals surface area (Å²) in [6, 6.07) is 12.0. The van der Waals surface area contributed by atoms with E-state index in [1.165, 1.54) is 6.20 Å². The summed E-state index contributed by atoms with van der Waals surface area (Å²) in [5.74, 6) is -0.215. The Kier molecular flexibility index (Phi) is 7.56. The van der Waals surface area contributed by atoms with Crippen molar-refractivity contribution >= 4 is 19.2 Å². The van der Waals surface area contributed by atoms with Crippen molar-refractivity contribution in [2.45, 2.75) is 26.7 Å². The molecule has 2 atom stereocenters. The molecule has 2 heterocycles. The third kappa shape index (κ3) is 5.69. The zero-order valence-corrected chi connectivity index (χ0v) is 19.0. The molecule has 0 aliphatic carbocycles. The van der Waals surface area contributed by atoms with Crippen LogP contribution in [0.3, 0.4) is 0 Å². The molecule has 168 valence electrons. The molecule has 0 spiro atoms. The molecule has 0 fully saturated rings. The van der Waals surface area contributed by atoms with Crippen molar-refractivity contribution in [1.82, 2.24) is 15.0 Å². The van der Waals surface area contributed by atoms with E-state index in [2.05, 4.69) is 20.3 Å². The van der Waals surface area contributed by atoms with Gasteiger partial charge in [-0.05, 0) is 43.7 Å². The number of rotatable bonds is 9. The fraction of sp³-hybridized carbons (Fsp3) is 0.273. The number of anilines is 1. The highest BCUT2D eigenvalue weighted by molar-refractivity contribution is 7.54. The third-order valence-electron chi connectivity index (χ3n) is 4.70. The maximum atomic E-state index is 12.7. The zero-order valence-electron chi connectivity index (χ0n) is 18.1. The van der Waals surface area contributed by atoms with Crippen molar-refractivity contribution in [3.8, 4) is 17.3 Å². The van der Waals surface area contributed by atoms with Crippen LogP contribution in [0.15, 0.2) is 59.7 Å². The number of carbonyl (C=O) groups is 1. The van der Waals surface area contributed by atoms with Gasteiger partial charge in [-0.25, -0.2) is 9.55 Å². The van der Waals surface area contributed by atoms with Crippen molar-refractivity contribution in [1.29, 1.82) is 0 Å². The topological polar surface area (TPSA) is 123 Å². The number of pyridine rings is 1. The molecule has 3 aromatic rings. The number of benzene rings is 1. The molecule has 0 saturated heterocycles.